The van der Waals surface area contributed by atoms with Gasteiger partial charge in [-0.05, 0) is 23.6 Å². The molecule has 2 N–H and O–H groups in total. The summed E-state index contributed by atoms with van der Waals surface area (Å²) in [6.45, 7) is 4.01. The van der Waals surface area contributed by atoms with Gasteiger partial charge in [0.05, 0.1) is 0 Å². The van der Waals surface area contributed by atoms with Gasteiger partial charge in [0.15, 0.2) is 0 Å². The predicted octanol–water partition coefficient (Wildman–Crippen LogP) is 1.35. The normalized spacial score (nSPS) is 18.4. The summed E-state index contributed by atoms with van der Waals surface area (Å²) in [6, 6.07) is 8.03. The van der Waals surface area contributed by atoms with E-state index in [2.05, 4.69) is 45.0 Å². The number of rotatable bonds is 4. The molecule has 0 fully saturated rings. The van der Waals surface area contributed by atoms with E-state index in [1.807, 2.05) is 27.9 Å². The largest absolute Gasteiger partial charge is 0.378 e. The first-order valence-corrected chi connectivity index (χ1v) is 6.86. The molecule has 5 heteroatoms. The monoisotopic (exact) mass is 274 g/mol. The molecule has 0 aromatic heterocycles. The van der Waals surface area contributed by atoms with Gasteiger partial charge in [-0.15, -0.1) is 0 Å². The molecule has 1 unspecified atom stereocenters. The fourth-order valence-electron chi connectivity index (χ4n) is 2.11. The first-order chi connectivity index (χ1) is 9.47. The van der Waals surface area contributed by atoms with E-state index in [-0.39, 0.29) is 17.9 Å². The fraction of sp³-hybridized carbons (Fsp3) is 0.467. The Morgan fingerprint density at radius 2 is 1.85 bits per heavy atom. The second-order valence-electron chi connectivity index (χ2n) is 5.62. The lowest BCUT2D eigenvalue weighted by Gasteiger charge is -2.24. The van der Waals surface area contributed by atoms with Crippen molar-refractivity contribution in [1.82, 2.24) is 10.9 Å². The predicted molar refractivity (Wildman–Crippen MR) is 81.8 cm³/mol. The summed E-state index contributed by atoms with van der Waals surface area (Å²) in [4.78, 5) is 18.2. The minimum atomic E-state index is -0.299. The zero-order valence-corrected chi connectivity index (χ0v) is 12.5. The average Bonchev–Trinajstić information content (AvgIpc) is 2.41. The highest BCUT2D eigenvalue weighted by molar-refractivity contribution is 5.94. The number of carbonyl (C=O) groups is 1. The van der Waals surface area contributed by atoms with E-state index < -0.39 is 0 Å². The summed E-state index contributed by atoms with van der Waals surface area (Å²) in [5.74, 6) is 0.941. The first-order valence-electron chi connectivity index (χ1n) is 6.86. The molecule has 1 aromatic rings. The van der Waals surface area contributed by atoms with E-state index in [0.29, 0.717) is 6.42 Å². The number of anilines is 1. The Labute approximate surface area is 120 Å². The molecule has 5 nitrogen and oxygen atoms in total. The molecule has 0 radical (unpaired) electrons. The van der Waals surface area contributed by atoms with Gasteiger partial charge in [-0.25, -0.2) is 0 Å². The molecule has 0 aliphatic carbocycles. The number of nitrogens with one attached hydrogen (secondary N) is 2. The minimum Gasteiger partial charge on any atom is -0.378 e. The van der Waals surface area contributed by atoms with Crippen LogP contribution in [0.1, 0.15) is 19.4 Å². The van der Waals surface area contributed by atoms with Crippen molar-refractivity contribution < 1.29 is 4.79 Å². The molecule has 20 heavy (non-hydrogen) atoms. The number of hydrogen-bond acceptors (Lipinski definition) is 4. The molecule has 1 amide bonds. The lowest BCUT2D eigenvalue weighted by molar-refractivity contribution is -0.124. The molecule has 108 valence electrons. The lowest BCUT2D eigenvalue weighted by atomic mass is 10.0. The van der Waals surface area contributed by atoms with Crippen molar-refractivity contribution in [3.63, 3.8) is 0 Å². The lowest BCUT2D eigenvalue weighted by Crippen LogP contribution is -2.53. The number of amides is 1. The molecule has 0 spiro atoms. The van der Waals surface area contributed by atoms with E-state index in [9.17, 15) is 4.79 Å². The maximum Gasteiger partial charge on any atom is 0.263 e. The molecule has 2 rings (SSSR count). The van der Waals surface area contributed by atoms with Crippen LogP contribution < -0.4 is 15.8 Å². The zero-order valence-electron chi connectivity index (χ0n) is 12.5. The fourth-order valence-corrected chi connectivity index (χ4v) is 2.11. The summed E-state index contributed by atoms with van der Waals surface area (Å²) < 4.78 is 0. The molecule has 1 heterocycles. The Morgan fingerprint density at radius 3 is 2.40 bits per heavy atom. The van der Waals surface area contributed by atoms with Crippen LogP contribution in [0.15, 0.2) is 29.3 Å². The average molecular weight is 274 g/mol. The third-order valence-electron chi connectivity index (χ3n) is 3.35. The first kappa shape index (κ1) is 14.4. The van der Waals surface area contributed by atoms with Gasteiger partial charge in [0.2, 0.25) is 0 Å². The van der Waals surface area contributed by atoms with Crippen LogP contribution in [0.4, 0.5) is 5.69 Å². The number of hydrogen-bond donors (Lipinski definition) is 2. The maximum absolute atomic E-state index is 11.7. The van der Waals surface area contributed by atoms with Crippen LogP contribution >= 0.6 is 0 Å². The van der Waals surface area contributed by atoms with Crippen LogP contribution in [0.2, 0.25) is 0 Å². The number of hydrazine groups is 1. The standard InChI is InChI=1S/C15H22N4O/c1-10(2)14-15(20)18-17-13(16-14)9-11-5-7-12(8-6-11)19(3)4/h5-8,10,14H,9H2,1-4H3,(H,16,17)(H,18,20). The number of nitrogens with zero attached hydrogens (tertiary/aromatic N) is 2. The maximum atomic E-state index is 11.7. The van der Waals surface area contributed by atoms with Crippen LogP contribution in [0.3, 0.4) is 0 Å². The van der Waals surface area contributed by atoms with Gasteiger partial charge < -0.3 is 4.90 Å². The van der Waals surface area contributed by atoms with E-state index >= 15 is 0 Å². The highest BCUT2D eigenvalue weighted by Crippen LogP contribution is 2.14. The molecule has 1 aromatic carbocycles. The smallest absolute Gasteiger partial charge is 0.263 e. The number of amidine groups is 1. The summed E-state index contributed by atoms with van der Waals surface area (Å²) in [5.41, 5.74) is 7.90. The Hall–Kier alpha value is -2.04. The quantitative estimate of drug-likeness (QED) is 0.871. The van der Waals surface area contributed by atoms with Crippen LogP contribution in [-0.2, 0) is 11.2 Å². The van der Waals surface area contributed by atoms with Crippen molar-refractivity contribution in [3.05, 3.63) is 29.8 Å². The minimum absolute atomic E-state index is 0.0632. The Kier molecular flexibility index (Phi) is 4.27. The van der Waals surface area contributed by atoms with Crippen LogP contribution in [0.25, 0.3) is 0 Å². The van der Waals surface area contributed by atoms with Crippen LogP contribution in [-0.4, -0.2) is 31.9 Å². The molecule has 0 saturated heterocycles. The van der Waals surface area contributed by atoms with Crippen molar-refractivity contribution in [2.45, 2.75) is 26.3 Å². The molecule has 1 atom stereocenters. The molecule has 1 aliphatic rings. The van der Waals surface area contributed by atoms with Gasteiger partial charge in [-0.3, -0.25) is 20.6 Å². The van der Waals surface area contributed by atoms with Gasteiger partial charge in [-0.1, -0.05) is 26.0 Å². The summed E-state index contributed by atoms with van der Waals surface area (Å²) in [6.07, 6.45) is 0.692. The highest BCUT2D eigenvalue weighted by Gasteiger charge is 2.25. The topological polar surface area (TPSA) is 56.7 Å². The zero-order chi connectivity index (χ0) is 14.7. The van der Waals surface area contributed by atoms with E-state index in [4.69, 9.17) is 0 Å². The van der Waals surface area contributed by atoms with E-state index in [0.717, 1.165) is 5.84 Å². The van der Waals surface area contributed by atoms with Gasteiger partial charge in [0, 0.05) is 26.2 Å². The molecule has 0 bridgehead atoms. The van der Waals surface area contributed by atoms with Gasteiger partial charge in [-0.2, -0.15) is 0 Å². The number of carbonyl (C=O) groups excluding carboxylic acids is 1. The Bertz CT molecular complexity index is 505. The van der Waals surface area contributed by atoms with E-state index in [1.165, 1.54) is 11.3 Å². The number of benzene rings is 1. The molecule has 0 saturated carbocycles. The molecular weight excluding hydrogens is 252 g/mol. The van der Waals surface area contributed by atoms with Crippen molar-refractivity contribution in [2.75, 3.05) is 19.0 Å². The number of aliphatic imine (C=N–C) groups is 1. The van der Waals surface area contributed by atoms with Gasteiger partial charge in [0.25, 0.3) is 5.91 Å². The van der Waals surface area contributed by atoms with Crippen molar-refractivity contribution in [3.8, 4) is 0 Å². The summed E-state index contributed by atoms with van der Waals surface area (Å²) in [5, 5.41) is 0. The van der Waals surface area contributed by atoms with E-state index in [1.54, 1.807) is 0 Å². The SMILES string of the molecule is CC(C)C1N=C(Cc2ccc(N(C)C)cc2)NNC1=O. The third-order valence-corrected chi connectivity index (χ3v) is 3.35. The highest BCUT2D eigenvalue weighted by atomic mass is 16.2. The summed E-state index contributed by atoms with van der Waals surface area (Å²) >= 11 is 0. The van der Waals surface area contributed by atoms with Crippen molar-refractivity contribution >= 4 is 17.4 Å². The van der Waals surface area contributed by atoms with Crippen LogP contribution in [0.5, 0.6) is 0 Å². The third kappa shape index (κ3) is 3.29. The Balaban J connectivity index is 2.09. The van der Waals surface area contributed by atoms with Gasteiger partial charge in [0.1, 0.15) is 11.9 Å². The second-order valence-corrected chi connectivity index (χ2v) is 5.62. The van der Waals surface area contributed by atoms with Crippen LogP contribution in [0, 0.1) is 5.92 Å². The molecular formula is C15H22N4O. The van der Waals surface area contributed by atoms with Crippen molar-refractivity contribution in [2.24, 2.45) is 10.9 Å². The molecule has 1 aliphatic heterocycles. The summed E-state index contributed by atoms with van der Waals surface area (Å²) in [7, 11) is 4.04. The second kappa shape index (κ2) is 5.94. The van der Waals surface area contributed by atoms with Crippen molar-refractivity contribution in [1.29, 1.82) is 0 Å². The Morgan fingerprint density at radius 1 is 1.20 bits per heavy atom. The van der Waals surface area contributed by atoms with Gasteiger partial charge >= 0.3 is 0 Å².